The highest BCUT2D eigenvalue weighted by Gasteiger charge is 2.18. The van der Waals surface area contributed by atoms with Crippen LogP contribution in [0.2, 0.25) is 10.0 Å². The van der Waals surface area contributed by atoms with Crippen LogP contribution in [-0.4, -0.2) is 5.11 Å². The lowest BCUT2D eigenvalue weighted by Crippen LogP contribution is -2.05. The van der Waals surface area contributed by atoms with Gasteiger partial charge in [0.25, 0.3) is 0 Å². The second kappa shape index (κ2) is 7.50. The van der Waals surface area contributed by atoms with E-state index in [1.54, 1.807) is 43.3 Å². The van der Waals surface area contributed by atoms with E-state index in [1.807, 2.05) is 6.07 Å². The van der Waals surface area contributed by atoms with Gasteiger partial charge in [-0.2, -0.15) is 0 Å². The first kappa shape index (κ1) is 19.4. The summed E-state index contributed by atoms with van der Waals surface area (Å²) < 4.78 is 17.0. The molecule has 0 radical (unpaired) electrons. The zero-order valence-corrected chi connectivity index (χ0v) is 17.1. The Hall–Kier alpha value is -2.89. The van der Waals surface area contributed by atoms with E-state index in [-0.39, 0.29) is 23.7 Å². The first-order valence-corrected chi connectivity index (χ1v) is 9.53. The van der Waals surface area contributed by atoms with Crippen molar-refractivity contribution in [1.29, 1.82) is 0 Å². The summed E-state index contributed by atoms with van der Waals surface area (Å²) in [5, 5.41) is 12.1. The normalized spacial score (nSPS) is 11.2. The Morgan fingerprint density at radius 2 is 1.79 bits per heavy atom. The Balaban J connectivity index is 1.65. The quantitative estimate of drug-likeness (QED) is 0.413. The predicted octanol–water partition coefficient (Wildman–Crippen LogP) is 6.26. The summed E-state index contributed by atoms with van der Waals surface area (Å²) in [7, 11) is 0. The molecule has 0 atom stereocenters. The number of hydrogen-bond acceptors (Lipinski definition) is 5. The molecular weight excluding hydrogens is 415 g/mol. The van der Waals surface area contributed by atoms with E-state index >= 15 is 0 Å². The van der Waals surface area contributed by atoms with Crippen LogP contribution in [0.25, 0.3) is 22.5 Å². The van der Waals surface area contributed by atoms with E-state index in [2.05, 4.69) is 0 Å². The highest BCUT2D eigenvalue weighted by atomic mass is 35.5. The minimum atomic E-state index is -0.606. The molecule has 0 aliphatic carbocycles. The topological polar surface area (TPSA) is 72.8 Å². The zero-order valence-electron chi connectivity index (χ0n) is 15.6. The number of furan rings is 1. The van der Waals surface area contributed by atoms with E-state index in [4.69, 9.17) is 36.8 Å². The van der Waals surface area contributed by atoms with Gasteiger partial charge in [0.15, 0.2) is 11.5 Å². The van der Waals surface area contributed by atoms with Gasteiger partial charge in [0.05, 0.1) is 5.56 Å². The molecule has 7 heteroatoms. The van der Waals surface area contributed by atoms with Crippen LogP contribution in [0.5, 0.6) is 11.5 Å². The lowest BCUT2D eigenvalue weighted by Gasteiger charge is -2.08. The fraction of sp³-hybridized carbons (Fsp3) is 0.136. The van der Waals surface area contributed by atoms with Gasteiger partial charge >= 0.3 is 5.63 Å². The molecule has 1 N–H and O–H groups in total. The third-order valence-corrected chi connectivity index (χ3v) is 5.27. The van der Waals surface area contributed by atoms with Crippen LogP contribution in [0.3, 0.4) is 0 Å². The number of ether oxygens (including phenoxy) is 1. The van der Waals surface area contributed by atoms with Gasteiger partial charge in [-0.3, -0.25) is 0 Å². The van der Waals surface area contributed by atoms with Crippen molar-refractivity contribution >= 4 is 34.2 Å². The summed E-state index contributed by atoms with van der Waals surface area (Å²) in [5.41, 5.74) is 1.32. The molecule has 0 bridgehead atoms. The molecule has 0 aliphatic heterocycles. The molecule has 0 aliphatic rings. The van der Waals surface area contributed by atoms with E-state index in [9.17, 15) is 9.90 Å². The molecule has 0 spiro atoms. The Morgan fingerprint density at radius 3 is 2.59 bits per heavy atom. The third-order valence-electron chi connectivity index (χ3n) is 4.67. The van der Waals surface area contributed by atoms with Gasteiger partial charge in [0, 0.05) is 32.6 Å². The van der Waals surface area contributed by atoms with Crippen LogP contribution in [0.1, 0.15) is 16.7 Å². The SMILES string of the molecule is Cc1c(-c2cc3ccc(OCc4cc(Cl)ccc4Cl)cc3o2)oc(=O)c(C)c1O. The van der Waals surface area contributed by atoms with Crippen molar-refractivity contribution in [2.45, 2.75) is 20.5 Å². The summed E-state index contributed by atoms with van der Waals surface area (Å²) >= 11 is 12.2. The molecule has 0 amide bonds. The Labute approximate surface area is 176 Å². The van der Waals surface area contributed by atoms with Gasteiger partial charge in [-0.05, 0) is 50.2 Å². The van der Waals surface area contributed by atoms with Crippen molar-refractivity contribution in [3.05, 3.63) is 79.6 Å². The van der Waals surface area contributed by atoms with Crippen molar-refractivity contribution < 1.29 is 18.7 Å². The number of rotatable bonds is 4. The van der Waals surface area contributed by atoms with Crippen LogP contribution in [0.4, 0.5) is 0 Å². The molecule has 4 rings (SSSR count). The molecule has 29 heavy (non-hydrogen) atoms. The van der Waals surface area contributed by atoms with Crippen LogP contribution in [-0.2, 0) is 6.61 Å². The van der Waals surface area contributed by atoms with Crippen LogP contribution in [0.15, 0.2) is 56.1 Å². The monoisotopic (exact) mass is 430 g/mol. The minimum absolute atomic E-state index is 0.0980. The summed E-state index contributed by atoms with van der Waals surface area (Å²) in [5.74, 6) is 1.03. The fourth-order valence-electron chi connectivity index (χ4n) is 2.99. The first-order valence-electron chi connectivity index (χ1n) is 8.77. The van der Waals surface area contributed by atoms with Crippen LogP contribution >= 0.6 is 23.2 Å². The third kappa shape index (κ3) is 3.71. The zero-order chi connectivity index (χ0) is 20.7. The smallest absolute Gasteiger partial charge is 0.343 e. The lowest BCUT2D eigenvalue weighted by molar-refractivity contribution is 0.306. The first-order chi connectivity index (χ1) is 13.8. The maximum Gasteiger partial charge on any atom is 0.343 e. The summed E-state index contributed by atoms with van der Waals surface area (Å²) in [6, 6.07) is 12.3. The maximum absolute atomic E-state index is 11.9. The number of hydrogen-bond donors (Lipinski definition) is 1. The van der Waals surface area contributed by atoms with Crippen molar-refractivity contribution in [2.24, 2.45) is 0 Å². The molecule has 0 unspecified atom stereocenters. The maximum atomic E-state index is 11.9. The molecule has 0 saturated carbocycles. The second-order valence-electron chi connectivity index (χ2n) is 6.65. The second-order valence-corrected chi connectivity index (χ2v) is 7.50. The van der Waals surface area contributed by atoms with Crippen molar-refractivity contribution in [3.8, 4) is 23.0 Å². The average Bonchev–Trinajstić information content (AvgIpc) is 3.12. The van der Waals surface area contributed by atoms with E-state index in [0.717, 1.165) is 10.9 Å². The molecule has 0 saturated heterocycles. The number of fused-ring (bicyclic) bond motifs is 1. The number of halogens is 2. The molecule has 148 valence electrons. The Bertz CT molecular complexity index is 1290. The van der Waals surface area contributed by atoms with Gasteiger partial charge in [-0.25, -0.2) is 4.79 Å². The van der Waals surface area contributed by atoms with Crippen molar-refractivity contribution in [2.75, 3.05) is 0 Å². The molecule has 5 nitrogen and oxygen atoms in total. The van der Waals surface area contributed by atoms with E-state index < -0.39 is 5.63 Å². The summed E-state index contributed by atoms with van der Waals surface area (Å²) in [6.07, 6.45) is 0. The number of benzene rings is 2. The molecule has 2 aromatic heterocycles. The Morgan fingerprint density at radius 1 is 1.00 bits per heavy atom. The van der Waals surface area contributed by atoms with Crippen molar-refractivity contribution in [1.82, 2.24) is 0 Å². The van der Waals surface area contributed by atoms with Gasteiger partial charge in [-0.15, -0.1) is 0 Å². The minimum Gasteiger partial charge on any atom is -0.507 e. The predicted molar refractivity (Wildman–Crippen MR) is 112 cm³/mol. The molecule has 0 fully saturated rings. The molecule has 2 aromatic carbocycles. The van der Waals surface area contributed by atoms with Gasteiger partial charge in [0.2, 0.25) is 0 Å². The highest BCUT2D eigenvalue weighted by Crippen LogP contribution is 2.35. The molecular formula is C22H16Cl2O5. The standard InChI is InChI=1S/C22H16Cl2O5/c1-11-20(25)12(2)22(26)29-21(11)19-8-13-3-5-16(9-18(13)28-19)27-10-14-7-15(23)4-6-17(14)24/h3-9,25H,10H2,1-2H3. The average molecular weight is 431 g/mol. The highest BCUT2D eigenvalue weighted by molar-refractivity contribution is 6.33. The van der Waals surface area contributed by atoms with Gasteiger partial charge in [-0.1, -0.05) is 23.2 Å². The van der Waals surface area contributed by atoms with Crippen molar-refractivity contribution in [3.63, 3.8) is 0 Å². The largest absolute Gasteiger partial charge is 0.507 e. The van der Waals surface area contributed by atoms with Crippen LogP contribution < -0.4 is 10.4 Å². The van der Waals surface area contributed by atoms with Gasteiger partial charge in [0.1, 0.15) is 23.7 Å². The Kier molecular flexibility index (Phi) is 5.03. The summed E-state index contributed by atoms with van der Waals surface area (Å²) in [4.78, 5) is 11.9. The molecule has 4 aromatic rings. The van der Waals surface area contributed by atoms with E-state index in [0.29, 0.717) is 32.7 Å². The summed E-state index contributed by atoms with van der Waals surface area (Å²) in [6.45, 7) is 3.42. The number of aromatic hydroxyl groups is 1. The fourth-order valence-corrected chi connectivity index (χ4v) is 3.36. The van der Waals surface area contributed by atoms with Gasteiger partial charge < -0.3 is 18.7 Å². The van der Waals surface area contributed by atoms with Crippen LogP contribution in [0, 0.1) is 13.8 Å². The molecule has 2 heterocycles. The lowest BCUT2D eigenvalue weighted by atomic mass is 10.1. The van der Waals surface area contributed by atoms with E-state index in [1.165, 1.54) is 6.92 Å².